The van der Waals surface area contributed by atoms with Crippen LogP contribution in [0, 0.1) is 6.92 Å². The van der Waals surface area contributed by atoms with E-state index in [-0.39, 0.29) is 0 Å². The number of phenols is 1. The minimum Gasteiger partial charge on any atom is -0.508 e. The zero-order chi connectivity index (χ0) is 13.7. The van der Waals surface area contributed by atoms with E-state index >= 15 is 0 Å². The van der Waals surface area contributed by atoms with Crippen molar-refractivity contribution in [3.63, 3.8) is 0 Å². The first-order valence-corrected chi connectivity index (χ1v) is 6.70. The number of hydrogen-bond acceptors (Lipinski definition) is 3. The molecule has 2 aromatic rings. The Labute approximate surface area is 114 Å². The maximum Gasteiger partial charge on any atom is 0.115 e. The van der Waals surface area contributed by atoms with Gasteiger partial charge in [0, 0.05) is 18.3 Å². The third-order valence-electron chi connectivity index (χ3n) is 3.07. The highest BCUT2D eigenvalue weighted by Crippen LogP contribution is 2.12. The van der Waals surface area contributed by atoms with Crippen LogP contribution in [0.3, 0.4) is 0 Å². The lowest BCUT2D eigenvalue weighted by atomic mass is 10.2. The van der Waals surface area contributed by atoms with E-state index < -0.39 is 0 Å². The molecular weight excluding hydrogens is 238 g/mol. The number of aromatic hydroxyl groups is 1. The predicted molar refractivity (Wildman–Crippen MR) is 76.2 cm³/mol. The van der Waals surface area contributed by atoms with Crippen molar-refractivity contribution in [1.29, 1.82) is 0 Å². The monoisotopic (exact) mass is 259 g/mol. The summed E-state index contributed by atoms with van der Waals surface area (Å²) in [6.45, 7) is 6.83. The molecule has 0 saturated carbocycles. The molecular formula is C15H21N3O. The molecule has 0 amide bonds. The van der Waals surface area contributed by atoms with Gasteiger partial charge in [0.2, 0.25) is 0 Å². The average molecular weight is 259 g/mol. The highest BCUT2D eigenvalue weighted by molar-refractivity contribution is 5.26. The summed E-state index contributed by atoms with van der Waals surface area (Å²) in [6.07, 6.45) is 3.23. The molecule has 1 aromatic heterocycles. The van der Waals surface area contributed by atoms with Crippen molar-refractivity contribution in [1.82, 2.24) is 15.1 Å². The first-order valence-electron chi connectivity index (χ1n) is 6.70. The van der Waals surface area contributed by atoms with Gasteiger partial charge in [0.15, 0.2) is 0 Å². The van der Waals surface area contributed by atoms with E-state index in [4.69, 9.17) is 0 Å². The minimum atomic E-state index is 0.296. The van der Waals surface area contributed by atoms with Crippen molar-refractivity contribution >= 4 is 0 Å². The molecule has 0 unspecified atom stereocenters. The molecule has 0 aliphatic rings. The average Bonchev–Trinajstić information content (AvgIpc) is 2.73. The zero-order valence-corrected chi connectivity index (χ0v) is 11.6. The van der Waals surface area contributed by atoms with E-state index in [2.05, 4.69) is 23.5 Å². The fourth-order valence-electron chi connectivity index (χ4n) is 2.00. The molecule has 0 saturated heterocycles. The molecule has 1 aromatic carbocycles. The molecule has 0 atom stereocenters. The van der Waals surface area contributed by atoms with Crippen LogP contribution in [0.5, 0.6) is 5.75 Å². The standard InChI is InChI=1S/C15H21N3O/c1-3-8-16-9-14-11-18(17-12(14)2)10-13-4-6-15(19)7-5-13/h4-7,11,16,19H,3,8-10H2,1-2H3. The molecule has 0 bridgehead atoms. The van der Waals surface area contributed by atoms with Crippen molar-refractivity contribution in [2.45, 2.75) is 33.4 Å². The molecule has 4 nitrogen and oxygen atoms in total. The zero-order valence-electron chi connectivity index (χ0n) is 11.6. The van der Waals surface area contributed by atoms with Crippen LogP contribution in [-0.2, 0) is 13.1 Å². The van der Waals surface area contributed by atoms with Gasteiger partial charge in [-0.25, -0.2) is 0 Å². The summed E-state index contributed by atoms with van der Waals surface area (Å²) in [5.41, 5.74) is 3.45. The molecule has 0 aliphatic heterocycles. The second-order valence-electron chi connectivity index (χ2n) is 4.78. The maximum atomic E-state index is 9.26. The quantitative estimate of drug-likeness (QED) is 0.783. The molecule has 0 fully saturated rings. The van der Waals surface area contributed by atoms with Crippen LogP contribution in [0.15, 0.2) is 30.5 Å². The summed E-state index contributed by atoms with van der Waals surface area (Å²) in [4.78, 5) is 0. The molecule has 0 spiro atoms. The van der Waals surface area contributed by atoms with Crippen molar-refractivity contribution in [3.8, 4) is 5.75 Å². The molecule has 0 radical (unpaired) electrons. The normalized spacial score (nSPS) is 10.8. The molecule has 4 heteroatoms. The number of hydrogen-bond donors (Lipinski definition) is 2. The first kappa shape index (κ1) is 13.6. The van der Waals surface area contributed by atoms with E-state index in [0.717, 1.165) is 37.3 Å². The Kier molecular flexibility index (Phi) is 4.58. The SMILES string of the molecule is CCCNCc1cn(Cc2ccc(O)cc2)nc1C. The number of nitrogens with one attached hydrogen (secondary N) is 1. The van der Waals surface area contributed by atoms with Crippen LogP contribution in [0.25, 0.3) is 0 Å². The van der Waals surface area contributed by atoms with E-state index in [9.17, 15) is 5.11 Å². The summed E-state index contributed by atoms with van der Waals surface area (Å²) < 4.78 is 1.95. The first-order chi connectivity index (χ1) is 9.19. The van der Waals surface area contributed by atoms with Gasteiger partial charge in [-0.3, -0.25) is 4.68 Å². The predicted octanol–water partition coefficient (Wildman–Crippen LogP) is 2.45. The van der Waals surface area contributed by atoms with E-state index in [1.807, 2.05) is 23.7 Å². The molecule has 0 aliphatic carbocycles. The number of phenolic OH excluding ortho intramolecular Hbond substituents is 1. The fraction of sp³-hybridized carbons (Fsp3) is 0.400. The summed E-state index contributed by atoms with van der Waals surface area (Å²) in [7, 11) is 0. The summed E-state index contributed by atoms with van der Waals surface area (Å²) in [6, 6.07) is 7.24. The Balaban J connectivity index is 2.01. The Bertz CT molecular complexity index is 517. The Morgan fingerprint density at radius 2 is 2.00 bits per heavy atom. The summed E-state index contributed by atoms with van der Waals surface area (Å²) in [5.74, 6) is 0.296. The van der Waals surface area contributed by atoms with Crippen LogP contribution >= 0.6 is 0 Å². The van der Waals surface area contributed by atoms with Gasteiger partial charge in [-0.2, -0.15) is 5.10 Å². The van der Waals surface area contributed by atoms with E-state index in [1.54, 1.807) is 12.1 Å². The number of aromatic nitrogens is 2. The highest BCUT2D eigenvalue weighted by Gasteiger charge is 2.05. The molecule has 19 heavy (non-hydrogen) atoms. The van der Waals surface area contributed by atoms with Gasteiger partial charge in [-0.05, 0) is 37.6 Å². The number of nitrogens with zero attached hydrogens (tertiary/aromatic N) is 2. The topological polar surface area (TPSA) is 50.1 Å². The van der Waals surface area contributed by atoms with E-state index in [0.29, 0.717) is 5.75 Å². The number of rotatable bonds is 6. The lowest BCUT2D eigenvalue weighted by molar-refractivity contribution is 0.475. The van der Waals surface area contributed by atoms with Gasteiger partial charge in [0.1, 0.15) is 5.75 Å². The van der Waals surface area contributed by atoms with Crippen LogP contribution in [0.2, 0.25) is 0 Å². The fourth-order valence-corrected chi connectivity index (χ4v) is 2.00. The largest absolute Gasteiger partial charge is 0.508 e. The molecule has 102 valence electrons. The Morgan fingerprint density at radius 3 is 2.68 bits per heavy atom. The number of aryl methyl sites for hydroxylation is 1. The Hall–Kier alpha value is -1.81. The molecule has 1 heterocycles. The third kappa shape index (κ3) is 3.83. The second-order valence-corrected chi connectivity index (χ2v) is 4.78. The third-order valence-corrected chi connectivity index (χ3v) is 3.07. The smallest absolute Gasteiger partial charge is 0.115 e. The minimum absolute atomic E-state index is 0.296. The van der Waals surface area contributed by atoms with Crippen LogP contribution in [-0.4, -0.2) is 21.4 Å². The van der Waals surface area contributed by atoms with Crippen molar-refractivity contribution in [3.05, 3.63) is 47.3 Å². The second kappa shape index (κ2) is 6.38. The molecule has 2 rings (SSSR count). The Morgan fingerprint density at radius 1 is 1.26 bits per heavy atom. The van der Waals surface area contributed by atoms with Crippen LogP contribution in [0.4, 0.5) is 0 Å². The van der Waals surface area contributed by atoms with Gasteiger partial charge in [-0.15, -0.1) is 0 Å². The van der Waals surface area contributed by atoms with Crippen molar-refractivity contribution in [2.24, 2.45) is 0 Å². The molecule has 2 N–H and O–H groups in total. The van der Waals surface area contributed by atoms with Crippen LogP contribution < -0.4 is 5.32 Å². The highest BCUT2D eigenvalue weighted by atomic mass is 16.3. The van der Waals surface area contributed by atoms with Gasteiger partial charge in [-0.1, -0.05) is 19.1 Å². The van der Waals surface area contributed by atoms with Gasteiger partial charge >= 0.3 is 0 Å². The van der Waals surface area contributed by atoms with Crippen molar-refractivity contribution < 1.29 is 5.11 Å². The maximum absolute atomic E-state index is 9.26. The van der Waals surface area contributed by atoms with Crippen molar-refractivity contribution in [2.75, 3.05) is 6.54 Å². The van der Waals surface area contributed by atoms with Crippen LogP contribution in [0.1, 0.15) is 30.2 Å². The van der Waals surface area contributed by atoms with E-state index in [1.165, 1.54) is 5.56 Å². The van der Waals surface area contributed by atoms with Gasteiger partial charge in [0.05, 0.1) is 12.2 Å². The lowest BCUT2D eigenvalue weighted by Gasteiger charge is -2.02. The summed E-state index contributed by atoms with van der Waals surface area (Å²) in [5, 5.41) is 17.2. The number of benzene rings is 1. The lowest BCUT2D eigenvalue weighted by Crippen LogP contribution is -2.13. The van der Waals surface area contributed by atoms with Gasteiger partial charge < -0.3 is 10.4 Å². The summed E-state index contributed by atoms with van der Waals surface area (Å²) >= 11 is 0. The van der Waals surface area contributed by atoms with Gasteiger partial charge in [0.25, 0.3) is 0 Å².